The number of hydrogen-bond donors (Lipinski definition) is 1. The molecule has 0 aliphatic carbocycles. The molecule has 0 saturated carbocycles. The fourth-order valence-corrected chi connectivity index (χ4v) is 2.65. The third-order valence-electron chi connectivity index (χ3n) is 2.95. The van der Waals surface area contributed by atoms with Crippen molar-refractivity contribution in [1.82, 2.24) is 4.90 Å². The maximum absolute atomic E-state index is 13.6. The second-order valence-corrected chi connectivity index (χ2v) is 7.59. The Kier molecular flexibility index (Phi) is 6.12. The van der Waals surface area contributed by atoms with Crippen LogP contribution in [0.1, 0.15) is 12.0 Å². The van der Waals surface area contributed by atoms with Crippen LogP contribution in [-0.2, 0) is 21.2 Å². The van der Waals surface area contributed by atoms with Gasteiger partial charge in [0.1, 0.15) is 15.7 Å². The first-order valence-electron chi connectivity index (χ1n) is 6.23. The topological polar surface area (TPSA) is 80.5 Å². The molecular weight excluding hydrogens is 319 g/mol. The first-order valence-corrected chi connectivity index (χ1v) is 8.67. The maximum atomic E-state index is 13.6. The molecule has 0 saturated heterocycles. The molecule has 0 aliphatic heterocycles. The quantitative estimate of drug-likeness (QED) is 0.846. The van der Waals surface area contributed by atoms with Gasteiger partial charge in [-0.3, -0.25) is 4.79 Å². The second-order valence-electron chi connectivity index (χ2n) is 4.92. The number of benzene rings is 1. The van der Waals surface area contributed by atoms with Crippen LogP contribution in [0.3, 0.4) is 0 Å². The van der Waals surface area contributed by atoms with Crippen LogP contribution < -0.4 is 5.73 Å². The van der Waals surface area contributed by atoms with E-state index in [1.54, 1.807) is 0 Å². The van der Waals surface area contributed by atoms with Crippen molar-refractivity contribution < 1.29 is 17.6 Å². The highest BCUT2D eigenvalue weighted by atomic mass is 35.5. The van der Waals surface area contributed by atoms with Crippen LogP contribution in [0.15, 0.2) is 18.2 Å². The van der Waals surface area contributed by atoms with Gasteiger partial charge in [0.05, 0.1) is 11.8 Å². The molecule has 5 nitrogen and oxygen atoms in total. The van der Waals surface area contributed by atoms with Crippen LogP contribution in [0.4, 0.5) is 4.39 Å². The first-order chi connectivity index (χ1) is 9.61. The van der Waals surface area contributed by atoms with Gasteiger partial charge in [0.2, 0.25) is 5.91 Å². The van der Waals surface area contributed by atoms with Gasteiger partial charge in [-0.1, -0.05) is 17.7 Å². The summed E-state index contributed by atoms with van der Waals surface area (Å²) in [5.74, 6) is -1.14. The zero-order valence-electron chi connectivity index (χ0n) is 11.8. The molecule has 0 aliphatic rings. The molecule has 0 radical (unpaired) electrons. The number of sulfone groups is 1. The third kappa shape index (κ3) is 5.61. The number of nitrogens with two attached hydrogens (primary N) is 1. The van der Waals surface area contributed by atoms with Gasteiger partial charge >= 0.3 is 0 Å². The van der Waals surface area contributed by atoms with Gasteiger partial charge in [0, 0.05) is 30.4 Å². The minimum absolute atomic E-state index is 0.0208. The minimum Gasteiger partial charge on any atom is -0.340 e. The molecule has 0 heterocycles. The van der Waals surface area contributed by atoms with Crippen LogP contribution in [0.2, 0.25) is 5.02 Å². The molecule has 0 bridgehead atoms. The summed E-state index contributed by atoms with van der Waals surface area (Å²) in [4.78, 5) is 13.3. The van der Waals surface area contributed by atoms with E-state index in [1.807, 2.05) is 0 Å². The van der Waals surface area contributed by atoms with Gasteiger partial charge in [0.15, 0.2) is 0 Å². The highest BCUT2D eigenvalue weighted by Gasteiger charge is 2.21. The van der Waals surface area contributed by atoms with Crippen molar-refractivity contribution in [2.75, 3.05) is 19.1 Å². The lowest BCUT2D eigenvalue weighted by atomic mass is 10.1. The second kappa shape index (κ2) is 7.20. The largest absolute Gasteiger partial charge is 0.340 e. The van der Waals surface area contributed by atoms with Crippen LogP contribution >= 0.6 is 11.6 Å². The van der Waals surface area contributed by atoms with E-state index in [0.717, 1.165) is 6.26 Å². The van der Waals surface area contributed by atoms with Gasteiger partial charge in [-0.2, -0.15) is 0 Å². The van der Waals surface area contributed by atoms with Crippen molar-refractivity contribution in [3.05, 3.63) is 34.6 Å². The Morgan fingerprint density at radius 1 is 1.48 bits per heavy atom. The molecule has 0 aromatic heterocycles. The number of nitrogens with zero attached hydrogens (tertiary/aromatic N) is 1. The van der Waals surface area contributed by atoms with Gasteiger partial charge in [0.25, 0.3) is 0 Å². The molecular formula is C13H18ClFN2O3S. The van der Waals surface area contributed by atoms with Crippen LogP contribution in [-0.4, -0.2) is 44.3 Å². The Balaban J connectivity index is 2.70. The molecule has 1 amide bonds. The van der Waals surface area contributed by atoms with E-state index in [1.165, 1.54) is 30.1 Å². The maximum Gasteiger partial charge on any atom is 0.239 e. The number of carbonyl (C=O) groups excluding carboxylic acids is 1. The zero-order valence-corrected chi connectivity index (χ0v) is 13.4. The molecule has 0 fully saturated rings. The molecule has 1 unspecified atom stereocenters. The van der Waals surface area contributed by atoms with Crippen molar-refractivity contribution in [2.45, 2.75) is 19.0 Å². The number of halogens is 2. The Bertz CT molecular complexity index is 602. The first kappa shape index (κ1) is 17.9. The minimum atomic E-state index is -3.18. The van der Waals surface area contributed by atoms with E-state index in [2.05, 4.69) is 0 Å². The molecule has 21 heavy (non-hydrogen) atoms. The monoisotopic (exact) mass is 336 g/mol. The number of amides is 1. The molecule has 2 N–H and O–H groups in total. The average molecular weight is 337 g/mol. The van der Waals surface area contributed by atoms with Crippen LogP contribution in [0.25, 0.3) is 0 Å². The standard InChI is InChI=1S/C13H18ClFN2O3S/c1-17(8-9-10(14)4-3-5-11(9)15)13(18)12(16)6-7-21(2,19)20/h3-5,12H,6-8,16H2,1-2H3. The molecule has 1 atom stereocenters. The van der Waals surface area contributed by atoms with Crippen molar-refractivity contribution in [1.29, 1.82) is 0 Å². The van der Waals surface area contributed by atoms with Gasteiger partial charge in [-0.05, 0) is 18.6 Å². The van der Waals surface area contributed by atoms with Crippen LogP contribution in [0, 0.1) is 5.82 Å². The Morgan fingerprint density at radius 3 is 2.62 bits per heavy atom. The normalized spacial score (nSPS) is 13.0. The lowest BCUT2D eigenvalue weighted by molar-refractivity contribution is -0.131. The summed E-state index contributed by atoms with van der Waals surface area (Å²) in [6.45, 7) is -0.0308. The smallest absolute Gasteiger partial charge is 0.239 e. The van der Waals surface area contributed by atoms with Crippen LogP contribution in [0.5, 0.6) is 0 Å². The van der Waals surface area contributed by atoms with E-state index < -0.39 is 27.6 Å². The number of likely N-dealkylation sites (N-methyl/N-ethyl adjacent to an activating group) is 1. The lowest BCUT2D eigenvalue weighted by Gasteiger charge is -2.22. The summed E-state index contributed by atoms with van der Waals surface area (Å²) in [5.41, 5.74) is 5.87. The highest BCUT2D eigenvalue weighted by Crippen LogP contribution is 2.20. The van der Waals surface area contributed by atoms with Crippen molar-refractivity contribution in [3.63, 3.8) is 0 Å². The van der Waals surface area contributed by atoms with E-state index in [9.17, 15) is 17.6 Å². The van der Waals surface area contributed by atoms with Crippen molar-refractivity contribution >= 4 is 27.3 Å². The van der Waals surface area contributed by atoms with E-state index >= 15 is 0 Å². The molecule has 0 spiro atoms. The molecule has 8 heteroatoms. The average Bonchev–Trinajstić information content (AvgIpc) is 2.38. The Hall–Kier alpha value is -1.18. The van der Waals surface area contributed by atoms with Crippen molar-refractivity contribution in [2.24, 2.45) is 5.73 Å². The lowest BCUT2D eigenvalue weighted by Crippen LogP contribution is -2.42. The predicted octanol–water partition coefficient (Wildman–Crippen LogP) is 1.20. The molecule has 1 aromatic rings. The van der Waals surface area contributed by atoms with Gasteiger partial charge in [-0.15, -0.1) is 0 Å². The summed E-state index contributed by atoms with van der Waals surface area (Å²) in [5, 5.41) is 0.222. The number of carbonyl (C=O) groups is 1. The highest BCUT2D eigenvalue weighted by molar-refractivity contribution is 7.90. The van der Waals surface area contributed by atoms with Gasteiger partial charge in [-0.25, -0.2) is 12.8 Å². The Labute approximate surface area is 128 Å². The summed E-state index contributed by atoms with van der Waals surface area (Å²) < 4.78 is 35.8. The molecule has 1 rings (SSSR count). The fourth-order valence-electron chi connectivity index (χ4n) is 1.75. The SMILES string of the molecule is CN(Cc1c(F)cccc1Cl)C(=O)C(N)CCS(C)(=O)=O. The summed E-state index contributed by atoms with van der Waals surface area (Å²) in [6.07, 6.45) is 1.10. The fraction of sp³-hybridized carbons (Fsp3) is 0.462. The number of hydrogen-bond acceptors (Lipinski definition) is 4. The summed E-state index contributed by atoms with van der Waals surface area (Å²) in [7, 11) is -1.72. The predicted molar refractivity (Wildman–Crippen MR) is 80.2 cm³/mol. The molecule has 118 valence electrons. The van der Waals surface area contributed by atoms with E-state index in [4.69, 9.17) is 17.3 Å². The van der Waals surface area contributed by atoms with E-state index in [-0.39, 0.29) is 29.3 Å². The van der Waals surface area contributed by atoms with E-state index in [0.29, 0.717) is 0 Å². The summed E-state index contributed by atoms with van der Waals surface area (Å²) >= 11 is 5.89. The Morgan fingerprint density at radius 2 is 2.10 bits per heavy atom. The summed E-state index contributed by atoms with van der Waals surface area (Å²) in [6, 6.07) is 3.31. The third-order valence-corrected chi connectivity index (χ3v) is 4.28. The zero-order chi connectivity index (χ0) is 16.2. The molecule has 1 aromatic carbocycles. The van der Waals surface area contributed by atoms with Crippen molar-refractivity contribution in [3.8, 4) is 0 Å². The van der Waals surface area contributed by atoms with Gasteiger partial charge < -0.3 is 10.6 Å². The number of rotatable bonds is 6.